The van der Waals surface area contributed by atoms with Crippen molar-refractivity contribution in [3.8, 4) is 11.5 Å². The Hall–Kier alpha value is -3.02. The van der Waals surface area contributed by atoms with E-state index in [4.69, 9.17) is 9.47 Å². The first-order valence-corrected chi connectivity index (χ1v) is 9.40. The summed E-state index contributed by atoms with van der Waals surface area (Å²) in [6.45, 7) is 3.08. The third kappa shape index (κ3) is 4.44. The van der Waals surface area contributed by atoms with Crippen molar-refractivity contribution in [1.82, 2.24) is 4.90 Å². The molecule has 0 aliphatic carbocycles. The minimum absolute atomic E-state index is 0.0295. The van der Waals surface area contributed by atoms with E-state index in [0.29, 0.717) is 48.7 Å². The molecule has 1 fully saturated rings. The van der Waals surface area contributed by atoms with Crippen LogP contribution < -0.4 is 14.8 Å². The van der Waals surface area contributed by atoms with Gasteiger partial charge in [0.15, 0.2) is 0 Å². The van der Waals surface area contributed by atoms with E-state index in [2.05, 4.69) is 5.32 Å². The highest BCUT2D eigenvalue weighted by atomic mass is 16.5. The smallest absolute Gasteiger partial charge is 0.253 e. The zero-order valence-corrected chi connectivity index (χ0v) is 16.5. The van der Waals surface area contributed by atoms with Crippen LogP contribution in [0.3, 0.4) is 0 Å². The van der Waals surface area contributed by atoms with E-state index in [1.165, 1.54) is 0 Å². The van der Waals surface area contributed by atoms with Crippen molar-refractivity contribution in [2.45, 2.75) is 19.8 Å². The van der Waals surface area contributed by atoms with Gasteiger partial charge in [0, 0.05) is 24.6 Å². The Kier molecular flexibility index (Phi) is 6.19. The normalized spacial score (nSPS) is 14.5. The summed E-state index contributed by atoms with van der Waals surface area (Å²) in [5, 5.41) is 2.98. The number of benzene rings is 2. The number of carbonyl (C=O) groups excluding carboxylic acids is 2. The number of anilines is 1. The fourth-order valence-corrected chi connectivity index (χ4v) is 3.44. The molecule has 6 nitrogen and oxygen atoms in total. The van der Waals surface area contributed by atoms with Gasteiger partial charge in [-0.05, 0) is 55.7 Å². The predicted octanol–water partition coefficient (Wildman–Crippen LogP) is 3.50. The molecule has 1 saturated heterocycles. The second-order valence-electron chi connectivity index (χ2n) is 6.99. The van der Waals surface area contributed by atoms with Gasteiger partial charge in [-0.15, -0.1) is 0 Å². The third-order valence-electron chi connectivity index (χ3n) is 5.08. The molecule has 1 N–H and O–H groups in total. The van der Waals surface area contributed by atoms with Gasteiger partial charge in [-0.2, -0.15) is 0 Å². The van der Waals surface area contributed by atoms with Crippen molar-refractivity contribution in [1.29, 1.82) is 0 Å². The van der Waals surface area contributed by atoms with Crippen LogP contribution in [0.1, 0.15) is 28.8 Å². The molecule has 2 aromatic rings. The van der Waals surface area contributed by atoms with Gasteiger partial charge in [0.1, 0.15) is 11.5 Å². The number of aryl methyl sites for hydroxylation is 1. The number of likely N-dealkylation sites (tertiary alicyclic amines) is 1. The quantitative estimate of drug-likeness (QED) is 0.859. The highest BCUT2D eigenvalue weighted by molar-refractivity contribution is 5.96. The van der Waals surface area contributed by atoms with E-state index in [1.807, 2.05) is 37.3 Å². The summed E-state index contributed by atoms with van der Waals surface area (Å²) >= 11 is 0. The summed E-state index contributed by atoms with van der Waals surface area (Å²) in [6, 6.07) is 12.8. The summed E-state index contributed by atoms with van der Waals surface area (Å²) in [4.78, 5) is 27.2. The lowest BCUT2D eigenvalue weighted by atomic mass is 9.95. The Bertz CT molecular complexity index is 857. The van der Waals surface area contributed by atoms with Gasteiger partial charge >= 0.3 is 0 Å². The van der Waals surface area contributed by atoms with Gasteiger partial charge in [-0.25, -0.2) is 0 Å². The third-order valence-corrected chi connectivity index (χ3v) is 5.08. The van der Waals surface area contributed by atoms with E-state index in [-0.39, 0.29) is 17.7 Å². The minimum Gasteiger partial charge on any atom is -0.497 e. The van der Waals surface area contributed by atoms with Crippen LogP contribution in [0.4, 0.5) is 5.69 Å². The number of piperidine rings is 1. The number of nitrogens with one attached hydrogen (secondary N) is 1. The van der Waals surface area contributed by atoms with Crippen LogP contribution in [0, 0.1) is 12.8 Å². The van der Waals surface area contributed by atoms with Crippen molar-refractivity contribution in [3.63, 3.8) is 0 Å². The molecule has 3 rings (SSSR count). The first-order chi connectivity index (χ1) is 13.5. The molecule has 2 amide bonds. The highest BCUT2D eigenvalue weighted by Crippen LogP contribution is 2.27. The Balaban J connectivity index is 1.59. The fraction of sp³-hybridized carbons (Fsp3) is 0.364. The topological polar surface area (TPSA) is 67.9 Å². The molecule has 1 aliphatic rings. The number of carbonyl (C=O) groups is 2. The lowest BCUT2D eigenvalue weighted by Gasteiger charge is -2.31. The second-order valence-corrected chi connectivity index (χ2v) is 6.99. The van der Waals surface area contributed by atoms with Crippen molar-refractivity contribution in [2.24, 2.45) is 5.92 Å². The molecule has 1 aliphatic heterocycles. The molecule has 0 radical (unpaired) electrons. The molecule has 0 saturated carbocycles. The molecule has 6 heteroatoms. The summed E-state index contributed by atoms with van der Waals surface area (Å²) in [5.41, 5.74) is 2.34. The van der Waals surface area contributed by atoms with Crippen molar-refractivity contribution >= 4 is 17.5 Å². The Morgan fingerprint density at radius 1 is 1.04 bits per heavy atom. The van der Waals surface area contributed by atoms with Crippen LogP contribution in [0.25, 0.3) is 0 Å². The number of hydrogen-bond acceptors (Lipinski definition) is 4. The van der Waals surface area contributed by atoms with Gasteiger partial charge in [0.25, 0.3) is 5.91 Å². The second kappa shape index (κ2) is 8.78. The monoisotopic (exact) mass is 382 g/mol. The zero-order chi connectivity index (χ0) is 20.1. The molecule has 148 valence electrons. The lowest BCUT2D eigenvalue weighted by molar-refractivity contribution is -0.121. The first kappa shape index (κ1) is 19.7. The van der Waals surface area contributed by atoms with Gasteiger partial charge < -0.3 is 19.7 Å². The molecule has 0 aromatic heterocycles. The molecule has 0 atom stereocenters. The molecule has 1 heterocycles. The van der Waals surface area contributed by atoms with Gasteiger partial charge in [0.2, 0.25) is 5.91 Å². The molecular weight excluding hydrogens is 356 g/mol. The summed E-state index contributed by atoms with van der Waals surface area (Å²) in [5.74, 6) is 1.12. The Morgan fingerprint density at radius 2 is 1.79 bits per heavy atom. The van der Waals surface area contributed by atoms with Crippen LogP contribution in [-0.4, -0.2) is 44.0 Å². The van der Waals surface area contributed by atoms with Crippen LogP contribution >= 0.6 is 0 Å². The van der Waals surface area contributed by atoms with Gasteiger partial charge in [-0.1, -0.05) is 12.1 Å². The maximum Gasteiger partial charge on any atom is 0.253 e. The Morgan fingerprint density at radius 3 is 2.46 bits per heavy atom. The van der Waals surface area contributed by atoms with E-state index >= 15 is 0 Å². The predicted molar refractivity (Wildman–Crippen MR) is 108 cm³/mol. The minimum atomic E-state index is -0.125. The van der Waals surface area contributed by atoms with Gasteiger partial charge in [-0.3, -0.25) is 9.59 Å². The standard InChI is InChI=1S/C22H26N2O4/c1-15-7-8-20(28-3)19(13-15)23-21(25)16-9-11-24(12-10-16)22(26)17-5-4-6-18(14-17)27-2/h4-8,13-14,16H,9-12H2,1-3H3,(H,23,25). The maximum absolute atomic E-state index is 12.7. The van der Waals surface area contributed by atoms with Crippen LogP contribution in [0.2, 0.25) is 0 Å². The molecular formula is C22H26N2O4. The molecule has 0 spiro atoms. The van der Waals surface area contributed by atoms with Crippen LogP contribution in [0.5, 0.6) is 11.5 Å². The number of rotatable bonds is 5. The Labute approximate surface area is 165 Å². The van der Waals surface area contributed by atoms with E-state index < -0.39 is 0 Å². The van der Waals surface area contributed by atoms with E-state index in [0.717, 1.165) is 5.56 Å². The maximum atomic E-state index is 12.7. The molecule has 0 unspecified atom stereocenters. The van der Waals surface area contributed by atoms with Crippen molar-refractivity contribution in [2.75, 3.05) is 32.6 Å². The molecule has 2 aromatic carbocycles. The van der Waals surface area contributed by atoms with E-state index in [9.17, 15) is 9.59 Å². The first-order valence-electron chi connectivity index (χ1n) is 9.40. The number of methoxy groups -OCH3 is 2. The van der Waals surface area contributed by atoms with Crippen molar-refractivity contribution < 1.29 is 19.1 Å². The molecule has 28 heavy (non-hydrogen) atoms. The largest absolute Gasteiger partial charge is 0.497 e. The number of nitrogens with zero attached hydrogens (tertiary/aromatic N) is 1. The SMILES string of the molecule is COc1cccc(C(=O)N2CCC(C(=O)Nc3cc(C)ccc3OC)CC2)c1. The van der Waals surface area contributed by atoms with E-state index in [1.54, 1.807) is 31.3 Å². The average Bonchev–Trinajstić information content (AvgIpc) is 2.73. The highest BCUT2D eigenvalue weighted by Gasteiger charge is 2.28. The zero-order valence-electron chi connectivity index (χ0n) is 16.5. The average molecular weight is 382 g/mol. The van der Waals surface area contributed by atoms with Crippen LogP contribution in [0.15, 0.2) is 42.5 Å². The molecule has 0 bridgehead atoms. The summed E-state index contributed by atoms with van der Waals surface area (Å²) < 4.78 is 10.5. The number of amides is 2. The fourth-order valence-electron chi connectivity index (χ4n) is 3.44. The van der Waals surface area contributed by atoms with Crippen LogP contribution in [-0.2, 0) is 4.79 Å². The van der Waals surface area contributed by atoms with Crippen molar-refractivity contribution in [3.05, 3.63) is 53.6 Å². The summed E-state index contributed by atoms with van der Waals surface area (Å²) in [7, 11) is 3.17. The summed E-state index contributed by atoms with van der Waals surface area (Å²) in [6.07, 6.45) is 1.27. The lowest BCUT2D eigenvalue weighted by Crippen LogP contribution is -2.41. The van der Waals surface area contributed by atoms with Gasteiger partial charge in [0.05, 0.1) is 19.9 Å². The number of hydrogen-bond donors (Lipinski definition) is 1. The number of ether oxygens (including phenoxy) is 2.